The van der Waals surface area contributed by atoms with Crippen LogP contribution in [0, 0.1) is 5.21 Å². The van der Waals surface area contributed by atoms with Crippen LogP contribution in [0.25, 0.3) is 11.0 Å². The van der Waals surface area contributed by atoms with Gasteiger partial charge in [-0.3, -0.25) is 0 Å². The van der Waals surface area contributed by atoms with Gasteiger partial charge in [-0.25, -0.2) is 4.98 Å². The lowest BCUT2D eigenvalue weighted by molar-refractivity contribution is -0.644. The van der Waals surface area contributed by atoms with Crippen LogP contribution in [0.4, 0.5) is 0 Å². The first-order valence-electron chi connectivity index (χ1n) is 6.28. The topological polar surface area (TPSA) is 65.2 Å². The molecule has 0 saturated carbocycles. The molecule has 0 unspecified atom stereocenters. The first-order chi connectivity index (χ1) is 9.10. The highest BCUT2D eigenvalue weighted by atomic mass is 16.5. The summed E-state index contributed by atoms with van der Waals surface area (Å²) in [5.74, 6) is 1.20. The molecule has 0 radical (unpaired) electrons. The minimum absolute atomic E-state index is 0.430. The van der Waals surface area contributed by atoms with Gasteiger partial charge < -0.3 is 14.8 Å². The smallest absolute Gasteiger partial charge is 0.274 e. The van der Waals surface area contributed by atoms with Crippen molar-refractivity contribution in [3.63, 3.8) is 0 Å². The molecule has 0 N–H and O–H groups in total. The van der Waals surface area contributed by atoms with E-state index < -0.39 is 0 Å². The normalized spacial score (nSPS) is 11.2. The summed E-state index contributed by atoms with van der Waals surface area (Å²) in [5, 5.41) is 15.7. The van der Waals surface area contributed by atoms with Gasteiger partial charge in [0.05, 0.1) is 6.07 Å². The number of likely N-dealkylation sites (N-methyl/N-ethyl adjacent to an activating group) is 1. The fraction of sp³-hybridized carbons (Fsp3) is 0.462. The Morgan fingerprint density at radius 2 is 2.16 bits per heavy atom. The molecule has 0 aliphatic carbocycles. The van der Waals surface area contributed by atoms with Crippen molar-refractivity contribution in [2.45, 2.75) is 13.3 Å². The number of ether oxygens (including phenoxy) is 1. The largest absolute Gasteiger partial charge is 0.594 e. The number of rotatable bonds is 5. The Kier molecular flexibility index (Phi) is 4.11. The van der Waals surface area contributed by atoms with Crippen LogP contribution in [0.5, 0.6) is 5.75 Å². The van der Waals surface area contributed by atoms with E-state index in [-0.39, 0.29) is 0 Å². The summed E-state index contributed by atoms with van der Waals surface area (Å²) in [6.45, 7) is 3.31. The van der Waals surface area contributed by atoms with Crippen molar-refractivity contribution in [2.24, 2.45) is 0 Å². The summed E-state index contributed by atoms with van der Waals surface area (Å²) in [4.78, 5) is 6.95. The standard InChI is InChI=1S/C13H18N4O2/c1-4-13-14-11-6-5-10(19-8-7-16(2)3)9-12(11)17(18)15-13/h5-6,9H,4,7-8H2,1-3H3. The molecule has 0 atom stereocenters. The van der Waals surface area contributed by atoms with E-state index in [1.54, 1.807) is 12.1 Å². The van der Waals surface area contributed by atoms with Gasteiger partial charge in [0.15, 0.2) is 5.82 Å². The van der Waals surface area contributed by atoms with Crippen molar-refractivity contribution in [3.8, 4) is 5.75 Å². The molecule has 0 spiro atoms. The first kappa shape index (κ1) is 13.5. The summed E-state index contributed by atoms with van der Waals surface area (Å²) in [6.07, 6.45) is 0.638. The zero-order valence-corrected chi connectivity index (χ0v) is 11.5. The van der Waals surface area contributed by atoms with Crippen molar-refractivity contribution in [2.75, 3.05) is 27.2 Å². The Morgan fingerprint density at radius 3 is 2.84 bits per heavy atom. The van der Waals surface area contributed by atoms with Gasteiger partial charge in [-0.1, -0.05) is 6.92 Å². The van der Waals surface area contributed by atoms with Gasteiger partial charge in [-0.15, -0.1) is 0 Å². The van der Waals surface area contributed by atoms with Crippen molar-refractivity contribution < 1.29 is 9.58 Å². The zero-order chi connectivity index (χ0) is 13.8. The molecule has 6 heteroatoms. The van der Waals surface area contributed by atoms with Crippen molar-refractivity contribution in [3.05, 3.63) is 29.2 Å². The van der Waals surface area contributed by atoms with Gasteiger partial charge in [-0.05, 0) is 31.1 Å². The van der Waals surface area contributed by atoms with Crippen LogP contribution in [-0.2, 0) is 6.42 Å². The number of benzene rings is 1. The first-order valence-corrected chi connectivity index (χ1v) is 6.28. The van der Waals surface area contributed by atoms with E-state index in [1.807, 2.05) is 32.0 Å². The number of hydrogen-bond acceptors (Lipinski definition) is 5. The van der Waals surface area contributed by atoms with Crippen molar-refractivity contribution in [1.82, 2.24) is 15.0 Å². The molecule has 2 aromatic rings. The second kappa shape index (κ2) is 5.79. The van der Waals surface area contributed by atoms with Gasteiger partial charge >= 0.3 is 0 Å². The molecule has 0 aliphatic heterocycles. The maximum atomic E-state index is 11.8. The average Bonchev–Trinajstić information content (AvgIpc) is 2.38. The van der Waals surface area contributed by atoms with Crippen molar-refractivity contribution in [1.29, 1.82) is 0 Å². The predicted molar refractivity (Wildman–Crippen MR) is 71.9 cm³/mol. The second-order valence-corrected chi connectivity index (χ2v) is 4.56. The Labute approximate surface area is 112 Å². The predicted octanol–water partition coefficient (Wildman–Crippen LogP) is 0.766. The molecule has 1 aromatic carbocycles. The molecular weight excluding hydrogens is 244 g/mol. The van der Waals surface area contributed by atoms with Crippen LogP contribution in [0.15, 0.2) is 18.2 Å². The lowest BCUT2D eigenvalue weighted by Gasteiger charge is -2.11. The highest BCUT2D eigenvalue weighted by Gasteiger charge is 2.11. The van der Waals surface area contributed by atoms with Gasteiger partial charge in [0.1, 0.15) is 17.9 Å². The molecule has 0 bridgehead atoms. The van der Waals surface area contributed by atoms with E-state index in [9.17, 15) is 5.21 Å². The Bertz CT molecular complexity index is 572. The minimum Gasteiger partial charge on any atom is -0.594 e. The third kappa shape index (κ3) is 3.29. The fourth-order valence-electron chi connectivity index (χ4n) is 1.66. The van der Waals surface area contributed by atoms with Crippen LogP contribution in [0.1, 0.15) is 12.7 Å². The fourth-order valence-corrected chi connectivity index (χ4v) is 1.66. The van der Waals surface area contributed by atoms with E-state index >= 15 is 0 Å². The Morgan fingerprint density at radius 1 is 1.37 bits per heavy atom. The van der Waals surface area contributed by atoms with Gasteiger partial charge in [0.25, 0.3) is 5.52 Å². The quantitative estimate of drug-likeness (QED) is 0.588. The van der Waals surface area contributed by atoms with E-state index in [2.05, 4.69) is 10.1 Å². The lowest BCUT2D eigenvalue weighted by Crippen LogP contribution is -2.34. The lowest BCUT2D eigenvalue weighted by atomic mass is 10.3. The molecule has 0 aliphatic rings. The number of aryl methyl sites for hydroxylation is 1. The molecule has 19 heavy (non-hydrogen) atoms. The number of hydrogen-bond donors (Lipinski definition) is 0. The van der Waals surface area contributed by atoms with E-state index in [0.29, 0.717) is 40.5 Å². The molecular formula is C13H18N4O2. The summed E-state index contributed by atoms with van der Waals surface area (Å²) in [7, 11) is 3.96. The molecule has 2 rings (SSSR count). The molecule has 6 nitrogen and oxygen atoms in total. The van der Waals surface area contributed by atoms with Crippen LogP contribution in [0.2, 0.25) is 0 Å². The van der Waals surface area contributed by atoms with Crippen LogP contribution in [-0.4, -0.2) is 42.2 Å². The minimum atomic E-state index is 0.430. The third-order valence-electron chi connectivity index (χ3n) is 2.73. The van der Waals surface area contributed by atoms with Crippen molar-refractivity contribution >= 4 is 11.0 Å². The van der Waals surface area contributed by atoms with Gasteiger partial charge in [0.2, 0.25) is 0 Å². The molecule has 102 valence electrons. The van der Waals surface area contributed by atoms with Crippen LogP contribution in [0.3, 0.4) is 0 Å². The maximum absolute atomic E-state index is 11.8. The van der Waals surface area contributed by atoms with E-state index in [1.165, 1.54) is 0 Å². The van der Waals surface area contributed by atoms with Crippen LogP contribution < -0.4 is 9.58 Å². The van der Waals surface area contributed by atoms with E-state index in [0.717, 1.165) is 6.54 Å². The zero-order valence-electron chi connectivity index (χ0n) is 11.5. The number of nitrogens with zero attached hydrogens (tertiary/aromatic N) is 4. The SMILES string of the molecule is CCc1nc2ccc(OCCN(C)C)cc2[n+]([O-])n1. The highest BCUT2D eigenvalue weighted by Crippen LogP contribution is 2.16. The second-order valence-electron chi connectivity index (χ2n) is 4.56. The molecule has 0 amide bonds. The highest BCUT2D eigenvalue weighted by molar-refractivity contribution is 5.72. The monoisotopic (exact) mass is 262 g/mol. The van der Waals surface area contributed by atoms with Gasteiger partial charge in [-0.2, -0.15) is 0 Å². The maximum Gasteiger partial charge on any atom is 0.274 e. The summed E-state index contributed by atoms with van der Waals surface area (Å²) >= 11 is 0. The summed E-state index contributed by atoms with van der Waals surface area (Å²) in [6, 6.07) is 5.29. The third-order valence-corrected chi connectivity index (χ3v) is 2.73. The van der Waals surface area contributed by atoms with E-state index in [4.69, 9.17) is 4.74 Å². The average molecular weight is 262 g/mol. The Hall–Kier alpha value is -1.95. The Balaban J connectivity index is 2.23. The summed E-state index contributed by atoms with van der Waals surface area (Å²) in [5.41, 5.74) is 1.07. The molecule has 1 heterocycles. The molecule has 0 fully saturated rings. The number of aromatic nitrogens is 3. The van der Waals surface area contributed by atoms with Gasteiger partial charge in [0, 0.05) is 18.1 Å². The molecule has 0 saturated heterocycles. The van der Waals surface area contributed by atoms with Crippen LogP contribution >= 0.6 is 0 Å². The molecule has 1 aromatic heterocycles. The summed E-state index contributed by atoms with van der Waals surface area (Å²) < 4.78 is 5.59. The number of fused-ring (bicyclic) bond motifs is 1.